The molecular weight excluding hydrogens is 819 g/mol. The monoisotopic (exact) mass is 879 g/mol. The molecule has 0 aromatic heterocycles. The molecule has 51 heavy (non-hydrogen) atoms. The van der Waals surface area contributed by atoms with E-state index in [2.05, 4.69) is 5.32 Å². The highest BCUT2D eigenvalue weighted by Crippen LogP contribution is 2.35. The van der Waals surface area contributed by atoms with Crippen LogP contribution in [0.2, 0.25) is 0 Å². The van der Waals surface area contributed by atoms with Gasteiger partial charge in [0.15, 0.2) is 12.6 Å². The van der Waals surface area contributed by atoms with Crippen LogP contribution in [0, 0.1) is 5.92 Å². The standard InChI is InChI=1S/C27H47NO16.7H2S/c1-8-16(32)26(44-25-14(7-31)40-10(3)17(33)22(25)38)42-13(6-30)24(8)43-27-23(39)20(36)15(9(2)41-27)28-12-4-11(5-29)18(34)21(37)19(12)35;;;;;;;/h4,8-10,12-39H,5-7H2,1-3H3;7*1H2/t8-,9?,10?,12+,13-,14?,15-,16?,17+,18?,19?,20?,21+,22?,23-,24?,25?,26?,27?;;;;;;;/m1......./s1. The van der Waals surface area contributed by atoms with E-state index >= 15 is 0 Å². The quantitative estimate of drug-likeness (QED) is 0.0964. The van der Waals surface area contributed by atoms with E-state index in [1.165, 1.54) is 13.0 Å². The number of rotatable bonds is 9. The van der Waals surface area contributed by atoms with Gasteiger partial charge in [0.05, 0.1) is 50.2 Å². The smallest absolute Gasteiger partial charge is 0.186 e. The van der Waals surface area contributed by atoms with Crippen molar-refractivity contribution >= 4 is 94.5 Å². The molecule has 0 aromatic carbocycles. The summed E-state index contributed by atoms with van der Waals surface area (Å²) < 4.78 is 28.8. The van der Waals surface area contributed by atoms with Gasteiger partial charge in [0, 0.05) is 5.92 Å². The third kappa shape index (κ3) is 12.8. The van der Waals surface area contributed by atoms with Crippen molar-refractivity contribution in [3.63, 3.8) is 0 Å². The van der Waals surface area contributed by atoms with Crippen molar-refractivity contribution in [3.05, 3.63) is 11.6 Å². The summed E-state index contributed by atoms with van der Waals surface area (Å²) in [5.41, 5.74) is 0.0613. The summed E-state index contributed by atoms with van der Waals surface area (Å²) in [6.07, 6.45) is -19.9. The van der Waals surface area contributed by atoms with Crippen LogP contribution >= 0.6 is 94.5 Å². The molecule has 0 amide bonds. The molecule has 0 radical (unpaired) electrons. The van der Waals surface area contributed by atoms with Gasteiger partial charge in [0.2, 0.25) is 0 Å². The molecule has 312 valence electrons. The van der Waals surface area contributed by atoms with Crippen LogP contribution in [0.25, 0.3) is 0 Å². The first-order valence-corrected chi connectivity index (χ1v) is 14.8. The lowest BCUT2D eigenvalue weighted by Crippen LogP contribution is -2.67. The second kappa shape index (κ2) is 25.7. The van der Waals surface area contributed by atoms with E-state index in [1.807, 2.05) is 0 Å². The van der Waals surface area contributed by atoms with Crippen molar-refractivity contribution in [2.45, 2.75) is 131 Å². The van der Waals surface area contributed by atoms with Gasteiger partial charge in [0.25, 0.3) is 0 Å². The topological polar surface area (TPSA) is 281 Å². The summed E-state index contributed by atoms with van der Waals surface area (Å²) in [5, 5.41) is 117. The summed E-state index contributed by atoms with van der Waals surface area (Å²) in [7, 11) is 0. The van der Waals surface area contributed by atoms with Crippen molar-refractivity contribution in [1.82, 2.24) is 5.32 Å². The third-order valence-electron chi connectivity index (χ3n) is 9.11. The Balaban J connectivity index is -0.00000158. The van der Waals surface area contributed by atoms with Gasteiger partial charge >= 0.3 is 0 Å². The molecule has 4 aliphatic rings. The lowest BCUT2D eigenvalue weighted by Gasteiger charge is -2.49. The molecule has 0 bridgehead atoms. The van der Waals surface area contributed by atoms with Gasteiger partial charge in [-0.2, -0.15) is 94.5 Å². The molecule has 19 atom stereocenters. The molecular formula is C27H61NO16S7. The highest BCUT2D eigenvalue weighted by Gasteiger charge is 2.52. The average molecular weight is 880 g/mol. The van der Waals surface area contributed by atoms with Crippen molar-refractivity contribution in [2.75, 3.05) is 19.8 Å². The molecule has 12 unspecified atom stereocenters. The molecule has 3 fully saturated rings. The van der Waals surface area contributed by atoms with Gasteiger partial charge in [-0.1, -0.05) is 13.0 Å². The molecule has 12 N–H and O–H groups in total. The molecule has 0 aromatic rings. The van der Waals surface area contributed by atoms with Crippen LogP contribution in [-0.2, 0) is 23.7 Å². The second-order valence-corrected chi connectivity index (χ2v) is 12.1. The minimum atomic E-state index is -1.68. The molecule has 0 saturated carbocycles. The molecule has 3 aliphatic heterocycles. The Morgan fingerprint density at radius 1 is 0.569 bits per heavy atom. The molecule has 17 nitrogen and oxygen atoms in total. The minimum absolute atomic E-state index is 0. The number of hydrogen-bond donors (Lipinski definition) is 12. The van der Waals surface area contributed by atoms with Gasteiger partial charge in [-0.25, -0.2) is 0 Å². The summed E-state index contributed by atoms with van der Waals surface area (Å²) in [4.78, 5) is 0. The van der Waals surface area contributed by atoms with Gasteiger partial charge in [-0.3, -0.25) is 0 Å². The van der Waals surface area contributed by atoms with E-state index in [0.29, 0.717) is 0 Å². The summed E-state index contributed by atoms with van der Waals surface area (Å²) in [6, 6.07) is -2.03. The maximum Gasteiger partial charge on any atom is 0.186 e. The predicted molar refractivity (Wildman–Crippen MR) is 217 cm³/mol. The van der Waals surface area contributed by atoms with Crippen molar-refractivity contribution in [1.29, 1.82) is 0 Å². The summed E-state index contributed by atoms with van der Waals surface area (Å²) >= 11 is 0. The lowest BCUT2D eigenvalue weighted by molar-refractivity contribution is -0.360. The van der Waals surface area contributed by atoms with E-state index < -0.39 is 136 Å². The van der Waals surface area contributed by atoms with Crippen LogP contribution in [0.1, 0.15) is 20.8 Å². The van der Waals surface area contributed by atoms with Crippen molar-refractivity contribution < 1.29 is 79.9 Å². The number of nitrogens with one attached hydrogen (secondary N) is 1. The van der Waals surface area contributed by atoms with E-state index in [9.17, 15) is 56.2 Å². The average Bonchev–Trinajstić information content (AvgIpc) is 3.00. The Morgan fingerprint density at radius 3 is 1.61 bits per heavy atom. The fourth-order valence-corrected chi connectivity index (χ4v) is 6.27. The highest BCUT2D eigenvalue weighted by molar-refractivity contribution is 7.60. The Bertz CT molecular complexity index is 986. The van der Waals surface area contributed by atoms with Gasteiger partial charge in [-0.05, 0) is 19.4 Å². The van der Waals surface area contributed by atoms with Gasteiger partial charge in [0.1, 0.15) is 67.1 Å². The number of aliphatic hydroxyl groups excluding tert-OH is 11. The van der Waals surface area contributed by atoms with E-state index in [4.69, 9.17) is 23.7 Å². The first-order valence-electron chi connectivity index (χ1n) is 14.8. The Morgan fingerprint density at radius 2 is 1.08 bits per heavy atom. The molecule has 3 saturated heterocycles. The summed E-state index contributed by atoms with van der Waals surface area (Å²) in [5.74, 6) is -0.838. The Kier molecular flexibility index (Phi) is 29.8. The van der Waals surface area contributed by atoms with Crippen LogP contribution in [-0.4, -0.2) is 186 Å². The number of ether oxygens (including phenoxy) is 5. The first kappa shape index (κ1) is 59.2. The van der Waals surface area contributed by atoms with Crippen LogP contribution in [0.5, 0.6) is 0 Å². The zero-order chi connectivity index (χ0) is 32.6. The lowest BCUT2D eigenvalue weighted by atomic mass is 9.86. The van der Waals surface area contributed by atoms with Crippen molar-refractivity contribution in [3.8, 4) is 0 Å². The van der Waals surface area contributed by atoms with Crippen LogP contribution in [0.4, 0.5) is 0 Å². The van der Waals surface area contributed by atoms with Gasteiger partial charge in [-0.15, -0.1) is 0 Å². The van der Waals surface area contributed by atoms with Crippen molar-refractivity contribution in [2.24, 2.45) is 5.92 Å². The van der Waals surface area contributed by atoms with E-state index in [0.717, 1.165) is 0 Å². The molecule has 0 spiro atoms. The minimum Gasteiger partial charge on any atom is -0.394 e. The largest absolute Gasteiger partial charge is 0.394 e. The van der Waals surface area contributed by atoms with E-state index in [1.54, 1.807) is 13.8 Å². The normalized spacial score (nSPS) is 44.9. The SMILES string of the molecule is CC1OC(CO)C(OC2O[C@H](CO)C(OC3OC(C)[C@@H](N[C@H]4C=C(CO)C(O)[C@H](O)C4O)C(O)[C@H]3O)[C@H](C)C2O)C(O)[C@H]1O.S.S.S.S.S.S.S. The predicted octanol–water partition coefficient (Wildman–Crippen LogP) is -5.43. The van der Waals surface area contributed by atoms with Crippen LogP contribution in [0.15, 0.2) is 11.6 Å². The molecule has 1 aliphatic carbocycles. The highest BCUT2D eigenvalue weighted by atomic mass is 32.1. The van der Waals surface area contributed by atoms with Crippen LogP contribution in [0.3, 0.4) is 0 Å². The number of hydrogen-bond acceptors (Lipinski definition) is 17. The Hall–Kier alpha value is 1.51. The molecule has 3 heterocycles. The second-order valence-electron chi connectivity index (χ2n) is 12.1. The third-order valence-corrected chi connectivity index (χ3v) is 9.11. The zero-order valence-electron chi connectivity index (χ0n) is 28.1. The summed E-state index contributed by atoms with van der Waals surface area (Å²) in [6.45, 7) is 2.85. The molecule has 24 heteroatoms. The van der Waals surface area contributed by atoms with E-state index in [-0.39, 0.29) is 100 Å². The maximum absolute atomic E-state index is 11.0. The Labute approximate surface area is 346 Å². The fraction of sp³-hybridized carbons (Fsp3) is 0.926. The van der Waals surface area contributed by atoms with Gasteiger partial charge < -0.3 is 85.2 Å². The maximum atomic E-state index is 11.0. The zero-order valence-corrected chi connectivity index (χ0v) is 35.1. The number of aliphatic hydroxyl groups is 11. The first-order chi connectivity index (χ1) is 20.7. The van der Waals surface area contributed by atoms with Crippen LogP contribution < -0.4 is 5.32 Å². The molecule has 4 rings (SSSR count). The fourth-order valence-electron chi connectivity index (χ4n) is 6.27.